The Bertz CT molecular complexity index is 741. The van der Waals surface area contributed by atoms with Crippen LogP contribution in [0.5, 0.6) is 0 Å². The van der Waals surface area contributed by atoms with Crippen LogP contribution in [-0.2, 0) is 0 Å². The normalized spacial score (nSPS) is 28.9. The van der Waals surface area contributed by atoms with Crippen LogP contribution in [0.1, 0.15) is 172 Å². The summed E-state index contributed by atoms with van der Waals surface area (Å²) in [6.07, 6.45) is 23.2. The third-order valence-corrected chi connectivity index (χ3v) is 12.6. The Balaban J connectivity index is 0.000000207. The van der Waals surface area contributed by atoms with E-state index in [1.165, 1.54) is 142 Å². The van der Waals surface area contributed by atoms with Crippen LogP contribution >= 0.6 is 0 Å². The van der Waals surface area contributed by atoms with E-state index in [9.17, 15) is 0 Å². The first-order valence-electron chi connectivity index (χ1n) is 21.5. The van der Waals surface area contributed by atoms with Gasteiger partial charge in [-0.3, -0.25) is 4.90 Å². The Morgan fingerprint density at radius 2 is 0.894 bits per heavy atom. The number of rotatable bonds is 12. The van der Waals surface area contributed by atoms with Gasteiger partial charge in [0.15, 0.2) is 0 Å². The zero-order chi connectivity index (χ0) is 34.3. The van der Waals surface area contributed by atoms with Gasteiger partial charge >= 0.3 is 0 Å². The average Bonchev–Trinajstić information content (AvgIpc) is 3.88. The molecule has 4 nitrogen and oxygen atoms in total. The highest BCUT2D eigenvalue weighted by molar-refractivity contribution is 4.96. The van der Waals surface area contributed by atoms with Crippen molar-refractivity contribution in [2.75, 3.05) is 39.3 Å². The van der Waals surface area contributed by atoms with Crippen molar-refractivity contribution in [3.05, 3.63) is 0 Å². The lowest BCUT2D eigenvalue weighted by atomic mass is 9.76. The van der Waals surface area contributed by atoms with Crippen LogP contribution in [0.25, 0.3) is 0 Å². The fraction of sp³-hybridized carbons (Fsp3) is 1.00. The summed E-state index contributed by atoms with van der Waals surface area (Å²) in [5, 5.41) is 3.63. The molecule has 0 aromatic heterocycles. The van der Waals surface area contributed by atoms with Gasteiger partial charge in [0.05, 0.1) is 0 Å². The summed E-state index contributed by atoms with van der Waals surface area (Å²) in [6.45, 7) is 31.1. The van der Waals surface area contributed by atoms with Gasteiger partial charge in [0.25, 0.3) is 0 Å². The third kappa shape index (κ3) is 15.7. The van der Waals surface area contributed by atoms with E-state index >= 15 is 0 Å². The highest BCUT2D eigenvalue weighted by Crippen LogP contribution is 2.39. The fourth-order valence-corrected chi connectivity index (χ4v) is 9.57. The fourth-order valence-electron chi connectivity index (χ4n) is 9.57. The smallest absolute Gasteiger partial charge is 0.0125 e. The molecule has 5 fully saturated rings. The van der Waals surface area contributed by atoms with Crippen molar-refractivity contribution in [3.8, 4) is 0 Å². The monoisotopic (exact) mass is 659 g/mol. The van der Waals surface area contributed by atoms with Crippen LogP contribution in [0.3, 0.4) is 0 Å². The van der Waals surface area contributed by atoms with Crippen molar-refractivity contribution in [3.63, 3.8) is 0 Å². The van der Waals surface area contributed by atoms with Gasteiger partial charge in [0, 0.05) is 43.3 Å². The molecule has 3 aliphatic carbocycles. The van der Waals surface area contributed by atoms with Gasteiger partial charge in [-0.1, -0.05) is 94.9 Å². The summed E-state index contributed by atoms with van der Waals surface area (Å²) in [7, 11) is 0. The summed E-state index contributed by atoms with van der Waals surface area (Å²) in [6, 6.07) is 4.19. The second-order valence-corrected chi connectivity index (χ2v) is 18.4. The van der Waals surface area contributed by atoms with Gasteiger partial charge < -0.3 is 15.1 Å². The van der Waals surface area contributed by atoms with Crippen molar-refractivity contribution in [2.24, 2.45) is 35.5 Å². The Morgan fingerprint density at radius 3 is 1.26 bits per heavy atom. The van der Waals surface area contributed by atoms with Crippen molar-refractivity contribution >= 4 is 0 Å². The highest BCUT2D eigenvalue weighted by Gasteiger charge is 2.40. The third-order valence-electron chi connectivity index (χ3n) is 12.6. The first kappa shape index (κ1) is 41.3. The number of nitrogens with one attached hydrogen (secondary N) is 1. The molecule has 0 aromatic carbocycles. The number of hydrogen-bond acceptors (Lipinski definition) is 4. The molecule has 0 amide bonds. The van der Waals surface area contributed by atoms with E-state index in [2.05, 4.69) is 89.3 Å². The molecule has 0 aromatic rings. The molecule has 3 saturated carbocycles. The zero-order valence-electron chi connectivity index (χ0n) is 33.7. The molecular formula is C43H86N4. The van der Waals surface area contributed by atoms with Crippen LogP contribution in [0.4, 0.5) is 0 Å². The second kappa shape index (κ2) is 21.9. The summed E-state index contributed by atoms with van der Waals surface area (Å²) in [4.78, 5) is 8.34. The first-order chi connectivity index (χ1) is 22.5. The van der Waals surface area contributed by atoms with E-state index in [1.807, 2.05) is 0 Å². The molecule has 2 heterocycles. The zero-order valence-corrected chi connectivity index (χ0v) is 33.7. The number of hydrogen-bond donors (Lipinski definition) is 1. The van der Waals surface area contributed by atoms with Gasteiger partial charge in [-0.05, 0) is 139 Å². The molecule has 1 N–H and O–H groups in total. The molecule has 5 aliphatic rings. The SMILES string of the molecule is CC(C)CN1CCC(NC(C)C)CC1.CCC1CCC(C(C)C)CC1.CCC1CCC(N(C2CC2)C2CCN(CC(C)C)CC2)CC1. The van der Waals surface area contributed by atoms with Crippen molar-refractivity contribution in [2.45, 2.75) is 202 Å². The molecule has 278 valence electrons. The Labute approximate surface area is 296 Å². The average molecular weight is 659 g/mol. The maximum atomic E-state index is 3.63. The van der Waals surface area contributed by atoms with Gasteiger partial charge in [0.2, 0.25) is 0 Å². The summed E-state index contributed by atoms with van der Waals surface area (Å²) < 4.78 is 0. The van der Waals surface area contributed by atoms with Crippen LogP contribution in [0.2, 0.25) is 0 Å². The van der Waals surface area contributed by atoms with Gasteiger partial charge in [-0.15, -0.1) is 0 Å². The summed E-state index contributed by atoms with van der Waals surface area (Å²) in [5.74, 6) is 5.69. The van der Waals surface area contributed by atoms with Crippen molar-refractivity contribution in [1.82, 2.24) is 20.0 Å². The maximum absolute atomic E-state index is 3.63. The molecule has 47 heavy (non-hydrogen) atoms. The van der Waals surface area contributed by atoms with Crippen LogP contribution < -0.4 is 5.32 Å². The van der Waals surface area contributed by atoms with Gasteiger partial charge in [0.1, 0.15) is 0 Å². The van der Waals surface area contributed by atoms with Crippen molar-refractivity contribution in [1.29, 1.82) is 0 Å². The molecule has 2 aliphatic heterocycles. The second-order valence-electron chi connectivity index (χ2n) is 18.4. The molecule has 0 atom stereocenters. The molecule has 0 bridgehead atoms. The minimum atomic E-state index is 0.636. The first-order valence-corrected chi connectivity index (χ1v) is 21.5. The van der Waals surface area contributed by atoms with E-state index in [-0.39, 0.29) is 0 Å². The lowest BCUT2D eigenvalue weighted by molar-refractivity contribution is 0.0406. The lowest BCUT2D eigenvalue weighted by Crippen LogP contribution is -2.51. The van der Waals surface area contributed by atoms with Gasteiger partial charge in [-0.2, -0.15) is 0 Å². The van der Waals surface area contributed by atoms with E-state index in [4.69, 9.17) is 0 Å². The van der Waals surface area contributed by atoms with Crippen molar-refractivity contribution < 1.29 is 0 Å². The van der Waals surface area contributed by atoms with E-state index in [0.717, 1.165) is 59.7 Å². The molecule has 2 saturated heterocycles. The van der Waals surface area contributed by atoms with Crippen LogP contribution in [-0.4, -0.2) is 84.2 Å². The quantitative estimate of drug-likeness (QED) is 0.225. The topological polar surface area (TPSA) is 21.8 Å². The molecule has 0 radical (unpaired) electrons. The minimum absolute atomic E-state index is 0.636. The predicted octanol–water partition coefficient (Wildman–Crippen LogP) is 10.5. The highest BCUT2D eigenvalue weighted by atomic mass is 15.3. The van der Waals surface area contributed by atoms with E-state index < -0.39 is 0 Å². The Morgan fingerprint density at radius 1 is 0.511 bits per heavy atom. The number of likely N-dealkylation sites (tertiary alicyclic amines) is 2. The minimum Gasteiger partial charge on any atom is -0.312 e. The molecule has 5 rings (SSSR count). The molecule has 0 spiro atoms. The molecule has 0 unspecified atom stereocenters. The molecule has 4 heteroatoms. The number of nitrogens with zero attached hydrogens (tertiary/aromatic N) is 3. The standard InChI is InChI=1S/C20H38N2.C12H26N2.C11H22/c1-4-17-5-7-18(8-6-17)22(19-9-10-19)20-11-13-21(14-12-20)15-16(2)3;1-10(2)9-14-7-5-12(6-8-14)13-11(3)4;1-4-10-5-7-11(8-6-10)9(2)3/h16-20H,4-15H2,1-3H3;10-13H,5-9H2,1-4H3;9-11H,4-8H2,1-3H3. The maximum Gasteiger partial charge on any atom is 0.0125 e. The summed E-state index contributed by atoms with van der Waals surface area (Å²) >= 11 is 0. The van der Waals surface area contributed by atoms with Crippen LogP contribution in [0, 0.1) is 35.5 Å². The molecular weight excluding hydrogens is 573 g/mol. The van der Waals surface area contributed by atoms with Gasteiger partial charge in [-0.25, -0.2) is 0 Å². The van der Waals surface area contributed by atoms with E-state index in [1.54, 1.807) is 0 Å². The Kier molecular flexibility index (Phi) is 19.2. The summed E-state index contributed by atoms with van der Waals surface area (Å²) in [5.41, 5.74) is 0. The van der Waals surface area contributed by atoms with E-state index in [0.29, 0.717) is 6.04 Å². The van der Waals surface area contributed by atoms with Crippen LogP contribution in [0.15, 0.2) is 0 Å². The predicted molar refractivity (Wildman–Crippen MR) is 208 cm³/mol. The largest absolute Gasteiger partial charge is 0.312 e. The number of piperidine rings is 2. The Hall–Kier alpha value is -0.160. The lowest BCUT2D eigenvalue weighted by Gasteiger charge is -2.45.